The predicted molar refractivity (Wildman–Crippen MR) is 57.7 cm³/mol. The number of benzene rings is 1. The Hall–Kier alpha value is -1.58. The van der Waals surface area contributed by atoms with Crippen molar-refractivity contribution < 1.29 is 13.9 Å². The van der Waals surface area contributed by atoms with Crippen molar-refractivity contribution >= 4 is 5.91 Å². The third kappa shape index (κ3) is 2.15. The molecule has 1 aliphatic heterocycles. The van der Waals surface area contributed by atoms with Gasteiger partial charge < -0.3 is 10.1 Å². The summed E-state index contributed by atoms with van der Waals surface area (Å²) in [6, 6.07) is 4.26. The Morgan fingerprint density at radius 1 is 1.62 bits per heavy atom. The minimum absolute atomic E-state index is 0.0258. The highest BCUT2D eigenvalue weighted by atomic mass is 19.1. The van der Waals surface area contributed by atoms with Gasteiger partial charge in [0, 0.05) is 18.4 Å². The fourth-order valence-corrected chi connectivity index (χ4v) is 1.81. The first-order valence-corrected chi connectivity index (χ1v) is 5.42. The molecule has 0 aliphatic carbocycles. The minimum Gasteiger partial charge on any atom is -0.493 e. The van der Waals surface area contributed by atoms with E-state index in [1.165, 1.54) is 12.1 Å². The van der Waals surface area contributed by atoms with Gasteiger partial charge in [0.25, 0.3) is 0 Å². The number of hydrogen-bond acceptors (Lipinski definition) is 2. The summed E-state index contributed by atoms with van der Waals surface area (Å²) in [6.07, 6.45) is 1.12. The minimum atomic E-state index is -0.306. The van der Waals surface area contributed by atoms with Crippen LogP contribution in [0.15, 0.2) is 18.2 Å². The number of nitrogens with one attached hydrogen (secondary N) is 1. The lowest BCUT2D eigenvalue weighted by atomic mass is 10.0. The zero-order valence-electron chi connectivity index (χ0n) is 9.13. The highest BCUT2D eigenvalue weighted by Gasteiger charge is 2.22. The summed E-state index contributed by atoms with van der Waals surface area (Å²) in [5, 5.41) is 2.87. The van der Waals surface area contributed by atoms with E-state index in [-0.39, 0.29) is 17.8 Å². The number of fused-ring (bicyclic) bond motifs is 1. The number of carbonyl (C=O) groups excluding carboxylic acids is 1. The average Bonchev–Trinajstić information content (AvgIpc) is 2.29. The van der Waals surface area contributed by atoms with Crippen molar-refractivity contribution in [3.8, 4) is 5.75 Å². The van der Waals surface area contributed by atoms with Crippen molar-refractivity contribution in [3.63, 3.8) is 0 Å². The molecule has 1 unspecified atom stereocenters. The molecular weight excluding hydrogens is 209 g/mol. The van der Waals surface area contributed by atoms with Gasteiger partial charge in [-0.3, -0.25) is 4.79 Å². The molecule has 1 aliphatic rings. The third-order valence-corrected chi connectivity index (χ3v) is 2.67. The van der Waals surface area contributed by atoms with E-state index >= 15 is 0 Å². The van der Waals surface area contributed by atoms with Gasteiger partial charge in [-0.05, 0) is 18.2 Å². The van der Waals surface area contributed by atoms with Crippen LogP contribution >= 0.6 is 0 Å². The maximum Gasteiger partial charge on any atom is 0.220 e. The van der Waals surface area contributed by atoms with E-state index in [0.29, 0.717) is 25.2 Å². The first-order chi connectivity index (χ1) is 7.70. The van der Waals surface area contributed by atoms with Gasteiger partial charge in [0.2, 0.25) is 5.91 Å². The summed E-state index contributed by atoms with van der Waals surface area (Å²) in [5.74, 6) is 0.330. The molecule has 0 aromatic heterocycles. The molecule has 2 rings (SSSR count). The van der Waals surface area contributed by atoms with Gasteiger partial charge in [0.15, 0.2) is 0 Å². The summed E-state index contributed by atoms with van der Waals surface area (Å²) in [4.78, 5) is 11.3. The molecule has 0 saturated carbocycles. The molecule has 4 heteroatoms. The lowest BCUT2D eigenvalue weighted by Gasteiger charge is -2.26. The normalized spacial score (nSPS) is 18.5. The Morgan fingerprint density at radius 3 is 3.19 bits per heavy atom. The summed E-state index contributed by atoms with van der Waals surface area (Å²) in [5.41, 5.74) is 0.730. The summed E-state index contributed by atoms with van der Waals surface area (Å²) in [7, 11) is 0. The second-order valence-electron chi connectivity index (χ2n) is 3.79. The Kier molecular flexibility index (Phi) is 3.08. The molecule has 0 saturated heterocycles. The Bertz CT molecular complexity index is 406. The number of carbonyl (C=O) groups is 1. The average molecular weight is 223 g/mol. The van der Waals surface area contributed by atoms with E-state index in [9.17, 15) is 9.18 Å². The van der Waals surface area contributed by atoms with Crippen LogP contribution in [0.3, 0.4) is 0 Å². The van der Waals surface area contributed by atoms with Gasteiger partial charge >= 0.3 is 0 Å². The van der Waals surface area contributed by atoms with Crippen molar-refractivity contribution in [3.05, 3.63) is 29.6 Å². The smallest absolute Gasteiger partial charge is 0.220 e. The van der Waals surface area contributed by atoms with Crippen LogP contribution in [0.4, 0.5) is 4.39 Å². The van der Waals surface area contributed by atoms with Crippen LogP contribution < -0.4 is 10.1 Å². The molecule has 1 N–H and O–H groups in total. The largest absolute Gasteiger partial charge is 0.493 e. The number of halogens is 1. The van der Waals surface area contributed by atoms with Gasteiger partial charge in [-0.2, -0.15) is 0 Å². The fourth-order valence-electron chi connectivity index (χ4n) is 1.81. The lowest BCUT2D eigenvalue weighted by molar-refractivity contribution is -0.121. The Balaban J connectivity index is 2.24. The maximum atomic E-state index is 13.1. The van der Waals surface area contributed by atoms with Gasteiger partial charge in [0.05, 0.1) is 12.6 Å². The van der Waals surface area contributed by atoms with Crippen LogP contribution in [0, 0.1) is 5.82 Å². The van der Waals surface area contributed by atoms with E-state index in [4.69, 9.17) is 4.74 Å². The maximum absolute atomic E-state index is 13.1. The number of amides is 1. The van der Waals surface area contributed by atoms with Crippen LogP contribution in [0.1, 0.15) is 31.4 Å². The van der Waals surface area contributed by atoms with Gasteiger partial charge in [-0.1, -0.05) is 6.92 Å². The monoisotopic (exact) mass is 223 g/mol. The molecule has 1 heterocycles. The Morgan fingerprint density at radius 2 is 2.44 bits per heavy atom. The molecule has 0 radical (unpaired) electrons. The van der Waals surface area contributed by atoms with E-state index < -0.39 is 0 Å². The van der Waals surface area contributed by atoms with E-state index in [2.05, 4.69) is 5.32 Å². The van der Waals surface area contributed by atoms with E-state index in [1.54, 1.807) is 13.0 Å². The summed E-state index contributed by atoms with van der Waals surface area (Å²) >= 11 is 0. The molecule has 1 aromatic carbocycles. The molecule has 16 heavy (non-hydrogen) atoms. The second kappa shape index (κ2) is 4.51. The molecule has 1 atom stereocenters. The quantitative estimate of drug-likeness (QED) is 0.834. The Labute approximate surface area is 93.6 Å². The number of hydrogen-bond donors (Lipinski definition) is 1. The molecule has 1 aromatic rings. The van der Waals surface area contributed by atoms with Gasteiger partial charge in [-0.15, -0.1) is 0 Å². The standard InChI is InChI=1S/C12H14FNO2/c1-2-12(15)14-10-5-6-16-11-4-3-8(13)7-9(10)11/h3-4,7,10H,2,5-6H2,1H3,(H,14,15). The van der Waals surface area contributed by atoms with Gasteiger partial charge in [0.1, 0.15) is 11.6 Å². The SMILES string of the molecule is CCC(=O)NC1CCOc2ccc(F)cc21. The van der Waals surface area contributed by atoms with E-state index in [1.807, 2.05) is 0 Å². The van der Waals surface area contributed by atoms with E-state index in [0.717, 1.165) is 5.56 Å². The zero-order chi connectivity index (χ0) is 11.5. The number of ether oxygens (including phenoxy) is 1. The highest BCUT2D eigenvalue weighted by molar-refractivity contribution is 5.76. The van der Waals surface area contributed by atoms with Crippen molar-refractivity contribution in [2.24, 2.45) is 0 Å². The molecule has 0 fully saturated rings. The molecule has 1 amide bonds. The zero-order valence-corrected chi connectivity index (χ0v) is 9.13. The first kappa shape index (κ1) is 10.9. The molecule has 0 spiro atoms. The third-order valence-electron chi connectivity index (χ3n) is 2.67. The van der Waals surface area contributed by atoms with Crippen LogP contribution in [-0.4, -0.2) is 12.5 Å². The van der Waals surface area contributed by atoms with Crippen LogP contribution in [0.2, 0.25) is 0 Å². The second-order valence-corrected chi connectivity index (χ2v) is 3.79. The lowest BCUT2D eigenvalue weighted by Crippen LogP contribution is -2.31. The predicted octanol–water partition coefficient (Wildman–Crippen LogP) is 2.18. The summed E-state index contributed by atoms with van der Waals surface area (Å²) in [6.45, 7) is 2.34. The van der Waals surface area contributed by atoms with Crippen molar-refractivity contribution in [2.75, 3.05) is 6.61 Å². The molecule has 86 valence electrons. The van der Waals surface area contributed by atoms with Gasteiger partial charge in [-0.25, -0.2) is 4.39 Å². The van der Waals surface area contributed by atoms with Crippen LogP contribution in [0.5, 0.6) is 5.75 Å². The van der Waals surface area contributed by atoms with Crippen molar-refractivity contribution in [2.45, 2.75) is 25.8 Å². The molecular formula is C12H14FNO2. The van der Waals surface area contributed by atoms with Crippen LogP contribution in [-0.2, 0) is 4.79 Å². The number of rotatable bonds is 2. The highest BCUT2D eigenvalue weighted by Crippen LogP contribution is 2.32. The first-order valence-electron chi connectivity index (χ1n) is 5.42. The topological polar surface area (TPSA) is 38.3 Å². The van der Waals surface area contributed by atoms with Crippen molar-refractivity contribution in [1.82, 2.24) is 5.32 Å². The van der Waals surface area contributed by atoms with Crippen LogP contribution in [0.25, 0.3) is 0 Å². The fraction of sp³-hybridized carbons (Fsp3) is 0.417. The molecule has 0 bridgehead atoms. The summed E-state index contributed by atoms with van der Waals surface area (Å²) < 4.78 is 18.5. The molecule has 3 nitrogen and oxygen atoms in total. The van der Waals surface area contributed by atoms with Crippen molar-refractivity contribution in [1.29, 1.82) is 0 Å².